The topological polar surface area (TPSA) is 23.8 Å². The van der Waals surface area contributed by atoms with Crippen LogP contribution in [-0.2, 0) is 0 Å². The van der Waals surface area contributed by atoms with Crippen LogP contribution in [0.25, 0.3) is 0 Å². The van der Waals surface area contributed by atoms with E-state index in [9.17, 15) is 0 Å². The lowest BCUT2D eigenvalue weighted by molar-refractivity contribution is 0.515. The SMILES string of the molecule is CC(CCSCCSC1CCCCC1)SC1CCCCC1.CCC#N. The van der Waals surface area contributed by atoms with Gasteiger partial charge in [0.2, 0.25) is 0 Å². The fourth-order valence-electron chi connectivity index (χ4n) is 3.45. The Hall–Kier alpha value is 0.540. The molecule has 0 aromatic heterocycles. The second-order valence-corrected chi connectivity index (χ2v) is 11.6. The summed E-state index contributed by atoms with van der Waals surface area (Å²) in [6.45, 7) is 4.27. The zero-order chi connectivity index (χ0) is 18.2. The molecule has 2 rings (SSSR count). The van der Waals surface area contributed by atoms with Gasteiger partial charge in [0.05, 0.1) is 6.07 Å². The van der Waals surface area contributed by atoms with Gasteiger partial charge in [-0.1, -0.05) is 52.4 Å². The normalized spacial score (nSPS) is 20.4. The first-order valence-electron chi connectivity index (χ1n) is 10.5. The molecule has 0 aromatic carbocycles. The molecule has 1 nitrogen and oxygen atoms in total. The summed E-state index contributed by atoms with van der Waals surface area (Å²) in [4.78, 5) is 0. The quantitative estimate of drug-likeness (QED) is 0.372. The highest BCUT2D eigenvalue weighted by atomic mass is 32.2. The first-order valence-corrected chi connectivity index (χ1v) is 13.6. The van der Waals surface area contributed by atoms with Crippen LogP contribution in [0.15, 0.2) is 0 Å². The average Bonchev–Trinajstić information content (AvgIpc) is 2.66. The van der Waals surface area contributed by atoms with Crippen molar-refractivity contribution in [3.8, 4) is 6.07 Å². The van der Waals surface area contributed by atoms with E-state index in [0.717, 1.165) is 15.7 Å². The van der Waals surface area contributed by atoms with Crippen LogP contribution in [0.5, 0.6) is 0 Å². The maximum Gasteiger partial charge on any atom is 0.0618 e. The van der Waals surface area contributed by atoms with Crippen molar-refractivity contribution in [3.63, 3.8) is 0 Å². The molecular formula is C21H39NS3. The van der Waals surface area contributed by atoms with Gasteiger partial charge in [-0.3, -0.25) is 0 Å². The maximum atomic E-state index is 7.62. The summed E-state index contributed by atoms with van der Waals surface area (Å²) in [6, 6.07) is 1.93. The third-order valence-corrected chi connectivity index (χ3v) is 9.15. The first kappa shape index (κ1) is 23.6. The maximum absolute atomic E-state index is 7.62. The van der Waals surface area contributed by atoms with E-state index in [-0.39, 0.29) is 0 Å². The largest absolute Gasteiger partial charge is 0.198 e. The van der Waals surface area contributed by atoms with Gasteiger partial charge >= 0.3 is 0 Å². The summed E-state index contributed by atoms with van der Waals surface area (Å²) in [5.41, 5.74) is 0. The molecule has 4 heteroatoms. The lowest BCUT2D eigenvalue weighted by atomic mass is 10.0. The van der Waals surface area contributed by atoms with Crippen LogP contribution in [-0.4, -0.2) is 33.0 Å². The molecule has 146 valence electrons. The molecule has 0 radical (unpaired) electrons. The molecule has 1 atom stereocenters. The van der Waals surface area contributed by atoms with Crippen molar-refractivity contribution >= 4 is 35.3 Å². The minimum absolute atomic E-state index is 0.625. The van der Waals surface area contributed by atoms with Crippen molar-refractivity contribution in [1.29, 1.82) is 5.26 Å². The monoisotopic (exact) mass is 401 g/mol. The van der Waals surface area contributed by atoms with Crippen molar-refractivity contribution in [1.82, 2.24) is 0 Å². The predicted octanol–water partition coefficient (Wildman–Crippen LogP) is 7.55. The third kappa shape index (κ3) is 13.4. The van der Waals surface area contributed by atoms with E-state index in [1.165, 1.54) is 87.9 Å². The van der Waals surface area contributed by atoms with E-state index >= 15 is 0 Å². The van der Waals surface area contributed by atoms with Crippen LogP contribution < -0.4 is 0 Å². The highest BCUT2D eigenvalue weighted by Crippen LogP contribution is 2.32. The number of rotatable bonds is 9. The minimum Gasteiger partial charge on any atom is -0.198 e. The second-order valence-electron chi connectivity index (χ2n) is 7.25. The van der Waals surface area contributed by atoms with Crippen LogP contribution in [0.4, 0.5) is 0 Å². The van der Waals surface area contributed by atoms with Crippen molar-refractivity contribution in [2.24, 2.45) is 0 Å². The zero-order valence-corrected chi connectivity index (χ0v) is 19.0. The van der Waals surface area contributed by atoms with Gasteiger partial charge in [-0.25, -0.2) is 0 Å². The van der Waals surface area contributed by atoms with Gasteiger partial charge in [0, 0.05) is 33.7 Å². The van der Waals surface area contributed by atoms with E-state index in [0.29, 0.717) is 6.42 Å². The van der Waals surface area contributed by atoms with Gasteiger partial charge in [0.1, 0.15) is 0 Å². The number of nitrogens with zero attached hydrogens (tertiary/aromatic N) is 1. The van der Waals surface area contributed by atoms with Gasteiger partial charge < -0.3 is 0 Å². The molecule has 2 saturated carbocycles. The van der Waals surface area contributed by atoms with Crippen molar-refractivity contribution in [2.45, 2.75) is 107 Å². The molecule has 0 aliphatic heterocycles. The Bertz CT molecular complexity index is 331. The Labute approximate surface area is 170 Å². The summed E-state index contributed by atoms with van der Waals surface area (Å²) < 4.78 is 0. The Morgan fingerprint density at radius 1 is 0.880 bits per heavy atom. The van der Waals surface area contributed by atoms with Gasteiger partial charge in [-0.2, -0.15) is 40.5 Å². The van der Waals surface area contributed by atoms with Gasteiger partial charge in [-0.05, 0) is 37.9 Å². The van der Waals surface area contributed by atoms with Crippen LogP contribution in [0.2, 0.25) is 0 Å². The summed E-state index contributed by atoms with van der Waals surface area (Å²) >= 11 is 6.75. The molecular weight excluding hydrogens is 362 g/mol. The molecule has 2 fully saturated rings. The molecule has 0 bridgehead atoms. The average molecular weight is 402 g/mol. The van der Waals surface area contributed by atoms with E-state index in [2.05, 4.69) is 42.2 Å². The summed E-state index contributed by atoms with van der Waals surface area (Å²) in [6.07, 6.45) is 16.9. The van der Waals surface area contributed by atoms with Gasteiger partial charge in [-0.15, -0.1) is 0 Å². The molecule has 0 heterocycles. The van der Waals surface area contributed by atoms with Crippen molar-refractivity contribution < 1.29 is 0 Å². The van der Waals surface area contributed by atoms with Crippen LogP contribution in [0.3, 0.4) is 0 Å². The fourth-order valence-corrected chi connectivity index (χ4v) is 7.70. The summed E-state index contributed by atoms with van der Waals surface area (Å²) in [5, 5.41) is 10.5. The molecule has 0 aromatic rings. The zero-order valence-electron chi connectivity index (χ0n) is 16.5. The van der Waals surface area contributed by atoms with Gasteiger partial charge in [0.25, 0.3) is 0 Å². The van der Waals surface area contributed by atoms with Gasteiger partial charge in [0.15, 0.2) is 0 Å². The Morgan fingerprint density at radius 2 is 1.44 bits per heavy atom. The lowest BCUT2D eigenvalue weighted by Gasteiger charge is -2.24. The number of thioether (sulfide) groups is 3. The van der Waals surface area contributed by atoms with E-state index in [4.69, 9.17) is 5.26 Å². The first-order chi connectivity index (χ1) is 12.3. The Balaban J connectivity index is 0.000000705. The molecule has 1 unspecified atom stereocenters. The highest BCUT2D eigenvalue weighted by molar-refractivity contribution is 8.03. The van der Waals surface area contributed by atoms with Crippen LogP contribution >= 0.6 is 35.3 Å². The molecule has 0 N–H and O–H groups in total. The molecule has 2 aliphatic rings. The predicted molar refractivity (Wildman–Crippen MR) is 121 cm³/mol. The second kappa shape index (κ2) is 16.7. The molecule has 2 aliphatic carbocycles. The standard InChI is InChI=1S/C18H34S3.C3H5N/c1-16(21-18-10-6-3-7-11-18)12-13-19-14-15-20-17-8-4-2-5-9-17;1-2-3-4/h16-18H,2-15H2,1H3;2H2,1H3. The lowest BCUT2D eigenvalue weighted by Crippen LogP contribution is -2.13. The Morgan fingerprint density at radius 3 is 2.00 bits per heavy atom. The fraction of sp³-hybridized carbons (Fsp3) is 0.952. The van der Waals surface area contributed by atoms with Crippen LogP contribution in [0.1, 0.15) is 90.9 Å². The molecule has 25 heavy (non-hydrogen) atoms. The minimum atomic E-state index is 0.625. The van der Waals surface area contributed by atoms with E-state index in [1.807, 2.05) is 13.0 Å². The van der Waals surface area contributed by atoms with Crippen molar-refractivity contribution in [3.05, 3.63) is 0 Å². The van der Waals surface area contributed by atoms with E-state index < -0.39 is 0 Å². The number of nitriles is 1. The van der Waals surface area contributed by atoms with Crippen molar-refractivity contribution in [2.75, 3.05) is 17.3 Å². The third-order valence-electron chi connectivity index (χ3n) is 4.94. The van der Waals surface area contributed by atoms with E-state index in [1.54, 1.807) is 0 Å². The smallest absolute Gasteiger partial charge is 0.0618 e. The summed E-state index contributed by atoms with van der Waals surface area (Å²) in [7, 11) is 0. The highest BCUT2D eigenvalue weighted by Gasteiger charge is 2.17. The number of hydrogen-bond donors (Lipinski definition) is 0. The molecule has 0 amide bonds. The number of hydrogen-bond acceptors (Lipinski definition) is 4. The molecule has 0 saturated heterocycles. The molecule has 0 spiro atoms. The Kier molecular flexibility index (Phi) is 15.7. The summed E-state index contributed by atoms with van der Waals surface area (Å²) in [5.74, 6) is 4.15. The van der Waals surface area contributed by atoms with Crippen LogP contribution in [0, 0.1) is 11.3 Å².